The Kier molecular flexibility index (Phi) is 4.11. The number of benzene rings is 1. The highest BCUT2D eigenvalue weighted by atomic mass is 35.5. The maximum Gasteiger partial charge on any atom is 0.258 e. The lowest BCUT2D eigenvalue weighted by molar-refractivity contribution is 0.0728. The van der Waals surface area contributed by atoms with Gasteiger partial charge < -0.3 is 10.2 Å². The largest absolute Gasteiger partial charge is 0.337 e. The molecule has 0 spiro atoms. The minimum atomic E-state index is -0.562. The van der Waals surface area contributed by atoms with Gasteiger partial charge in [-0.3, -0.25) is 4.79 Å². The Hall–Kier alpha value is -1.13. The van der Waals surface area contributed by atoms with Crippen molar-refractivity contribution >= 4 is 17.5 Å². The van der Waals surface area contributed by atoms with Crippen molar-refractivity contribution in [2.24, 2.45) is 0 Å². The molecule has 5 heteroatoms. The zero-order valence-corrected chi connectivity index (χ0v) is 11.9. The van der Waals surface area contributed by atoms with E-state index in [4.69, 9.17) is 11.6 Å². The Morgan fingerprint density at radius 1 is 1.47 bits per heavy atom. The predicted molar refractivity (Wildman–Crippen MR) is 74.0 cm³/mol. The summed E-state index contributed by atoms with van der Waals surface area (Å²) in [5.74, 6) is -0.896. The van der Waals surface area contributed by atoms with Gasteiger partial charge in [0.1, 0.15) is 5.82 Å². The molecule has 0 aromatic heterocycles. The average Bonchev–Trinajstić information content (AvgIpc) is 2.49. The Morgan fingerprint density at radius 2 is 2.21 bits per heavy atom. The van der Waals surface area contributed by atoms with Gasteiger partial charge in [0, 0.05) is 18.6 Å². The van der Waals surface area contributed by atoms with E-state index < -0.39 is 5.82 Å². The van der Waals surface area contributed by atoms with Gasteiger partial charge >= 0.3 is 0 Å². The number of hydrogen-bond acceptors (Lipinski definition) is 2. The number of nitrogens with zero attached hydrogens (tertiary/aromatic N) is 1. The lowest BCUT2D eigenvalue weighted by Gasteiger charge is -2.30. The van der Waals surface area contributed by atoms with Crippen LogP contribution in [0.3, 0.4) is 0 Å². The Balaban J connectivity index is 2.28. The lowest BCUT2D eigenvalue weighted by Crippen LogP contribution is -2.48. The van der Waals surface area contributed by atoms with Crippen molar-refractivity contribution in [3.63, 3.8) is 0 Å². The number of nitrogens with one attached hydrogen (secondary N) is 1. The number of carbonyl (C=O) groups excluding carboxylic acids is 1. The van der Waals surface area contributed by atoms with Crippen molar-refractivity contribution in [1.29, 1.82) is 0 Å². The van der Waals surface area contributed by atoms with Crippen molar-refractivity contribution in [1.82, 2.24) is 10.2 Å². The van der Waals surface area contributed by atoms with Crippen LogP contribution >= 0.6 is 11.6 Å². The SMILES string of the molecule is CC1(C)CN(C(=O)c2c(F)cccc2Cl)CCCN1. The molecule has 0 aliphatic carbocycles. The predicted octanol–water partition coefficient (Wildman–Crippen LogP) is 2.69. The standard InChI is InChI=1S/C14H18ClFN2O/c1-14(2)9-18(8-4-7-17-14)13(19)12-10(15)5-3-6-11(12)16/h3,5-6,17H,4,7-9H2,1-2H3. The fraction of sp³-hybridized carbons (Fsp3) is 0.500. The van der Waals surface area contributed by atoms with E-state index in [0.717, 1.165) is 13.0 Å². The summed E-state index contributed by atoms with van der Waals surface area (Å²) < 4.78 is 13.8. The van der Waals surface area contributed by atoms with Crippen molar-refractivity contribution in [3.05, 3.63) is 34.6 Å². The van der Waals surface area contributed by atoms with Crippen LogP contribution in [0.25, 0.3) is 0 Å². The zero-order chi connectivity index (χ0) is 14.0. The molecule has 1 aliphatic rings. The molecule has 0 radical (unpaired) electrons. The highest BCUT2D eigenvalue weighted by molar-refractivity contribution is 6.33. The third kappa shape index (κ3) is 3.25. The normalized spacial score (nSPS) is 19.1. The summed E-state index contributed by atoms with van der Waals surface area (Å²) in [6.07, 6.45) is 0.848. The molecular weight excluding hydrogens is 267 g/mol. The lowest BCUT2D eigenvalue weighted by atomic mass is 10.0. The van der Waals surface area contributed by atoms with E-state index in [-0.39, 0.29) is 22.0 Å². The zero-order valence-electron chi connectivity index (χ0n) is 11.2. The molecular formula is C14H18ClFN2O. The topological polar surface area (TPSA) is 32.3 Å². The minimum absolute atomic E-state index is 0.0260. The Morgan fingerprint density at radius 3 is 2.89 bits per heavy atom. The van der Waals surface area contributed by atoms with E-state index >= 15 is 0 Å². The third-order valence-corrected chi connectivity index (χ3v) is 3.57. The van der Waals surface area contributed by atoms with Gasteiger partial charge in [-0.1, -0.05) is 17.7 Å². The smallest absolute Gasteiger partial charge is 0.258 e. The Bertz CT molecular complexity index is 470. The molecule has 1 aromatic carbocycles. The van der Waals surface area contributed by atoms with Crippen LogP contribution in [0.1, 0.15) is 30.6 Å². The molecule has 0 unspecified atom stereocenters. The first-order valence-corrected chi connectivity index (χ1v) is 6.77. The van der Waals surface area contributed by atoms with Gasteiger partial charge in [0.05, 0.1) is 10.6 Å². The first kappa shape index (κ1) is 14.3. The second-order valence-corrected chi connectivity index (χ2v) is 5.89. The summed E-state index contributed by atoms with van der Waals surface area (Å²) in [6, 6.07) is 4.31. The fourth-order valence-corrected chi connectivity index (χ4v) is 2.59. The van der Waals surface area contributed by atoms with Crippen molar-refractivity contribution < 1.29 is 9.18 Å². The van der Waals surface area contributed by atoms with Crippen molar-refractivity contribution in [3.8, 4) is 0 Å². The summed E-state index contributed by atoms with van der Waals surface area (Å²) in [5, 5.41) is 3.53. The molecule has 3 nitrogen and oxygen atoms in total. The van der Waals surface area contributed by atoms with Crippen molar-refractivity contribution in [2.45, 2.75) is 25.8 Å². The van der Waals surface area contributed by atoms with Gasteiger partial charge in [-0.2, -0.15) is 0 Å². The molecule has 2 rings (SSSR count). The van der Waals surface area contributed by atoms with E-state index in [9.17, 15) is 9.18 Å². The maximum absolute atomic E-state index is 13.8. The second-order valence-electron chi connectivity index (χ2n) is 5.49. The summed E-state index contributed by atoms with van der Waals surface area (Å²) in [7, 11) is 0. The number of carbonyl (C=O) groups is 1. The van der Waals surface area contributed by atoms with Gasteiger partial charge in [0.15, 0.2) is 0 Å². The molecule has 0 atom stereocenters. The van der Waals surface area contributed by atoms with Crippen molar-refractivity contribution in [2.75, 3.05) is 19.6 Å². The molecule has 1 fully saturated rings. The highest BCUT2D eigenvalue weighted by Gasteiger charge is 2.29. The third-order valence-electron chi connectivity index (χ3n) is 3.26. The van der Waals surface area contributed by atoms with Gasteiger partial charge in [-0.25, -0.2) is 4.39 Å². The van der Waals surface area contributed by atoms with Gasteiger partial charge in [-0.15, -0.1) is 0 Å². The molecule has 0 bridgehead atoms. The molecule has 1 saturated heterocycles. The van der Waals surface area contributed by atoms with E-state index in [0.29, 0.717) is 13.1 Å². The first-order chi connectivity index (χ1) is 8.91. The number of hydrogen-bond donors (Lipinski definition) is 1. The van der Waals surface area contributed by atoms with Crippen LogP contribution in [0.4, 0.5) is 4.39 Å². The number of halogens is 2. The Labute approximate surface area is 117 Å². The molecule has 104 valence electrons. The van der Waals surface area contributed by atoms with E-state index in [1.165, 1.54) is 12.1 Å². The highest BCUT2D eigenvalue weighted by Crippen LogP contribution is 2.22. The van der Waals surface area contributed by atoms with Gasteiger partial charge in [-0.05, 0) is 38.9 Å². The van der Waals surface area contributed by atoms with Crippen LogP contribution in [0.5, 0.6) is 0 Å². The number of rotatable bonds is 1. The van der Waals surface area contributed by atoms with Crippen LogP contribution in [0.2, 0.25) is 5.02 Å². The van der Waals surface area contributed by atoms with Gasteiger partial charge in [0.2, 0.25) is 0 Å². The second kappa shape index (κ2) is 5.47. The molecule has 1 aliphatic heterocycles. The molecule has 1 N–H and O–H groups in total. The first-order valence-electron chi connectivity index (χ1n) is 6.39. The van der Waals surface area contributed by atoms with E-state index in [1.54, 1.807) is 11.0 Å². The molecule has 0 saturated carbocycles. The maximum atomic E-state index is 13.8. The van der Waals surface area contributed by atoms with E-state index in [2.05, 4.69) is 5.32 Å². The van der Waals surface area contributed by atoms with Crippen LogP contribution in [0.15, 0.2) is 18.2 Å². The van der Waals surface area contributed by atoms with Crippen LogP contribution in [-0.4, -0.2) is 36.0 Å². The number of amides is 1. The summed E-state index contributed by atoms with van der Waals surface area (Å²) in [6.45, 7) is 6.06. The van der Waals surface area contributed by atoms with E-state index in [1.807, 2.05) is 13.8 Å². The molecule has 19 heavy (non-hydrogen) atoms. The fourth-order valence-electron chi connectivity index (χ4n) is 2.34. The van der Waals surface area contributed by atoms with Crippen LogP contribution in [-0.2, 0) is 0 Å². The quantitative estimate of drug-likeness (QED) is 0.860. The van der Waals surface area contributed by atoms with Crippen LogP contribution < -0.4 is 5.32 Å². The van der Waals surface area contributed by atoms with Crippen LogP contribution in [0, 0.1) is 5.82 Å². The summed E-state index contributed by atoms with van der Waals surface area (Å²) in [4.78, 5) is 14.1. The molecule has 1 heterocycles. The average molecular weight is 285 g/mol. The molecule has 1 aromatic rings. The molecule has 1 amide bonds. The summed E-state index contributed by atoms with van der Waals surface area (Å²) in [5.41, 5.74) is -0.203. The van der Waals surface area contributed by atoms with Gasteiger partial charge in [0.25, 0.3) is 5.91 Å². The minimum Gasteiger partial charge on any atom is -0.337 e. The monoisotopic (exact) mass is 284 g/mol. The summed E-state index contributed by atoms with van der Waals surface area (Å²) >= 11 is 5.95.